The lowest BCUT2D eigenvalue weighted by molar-refractivity contribution is -0.142. The second-order valence-corrected chi connectivity index (χ2v) is 5.33. The molecule has 6 heteroatoms. The molecule has 1 heterocycles. The Bertz CT molecular complexity index is 465. The summed E-state index contributed by atoms with van der Waals surface area (Å²) < 4.78 is 14.9. The molecule has 1 aliphatic heterocycles. The Balaban J connectivity index is 2.71. The van der Waals surface area contributed by atoms with Gasteiger partial charge in [0.25, 0.3) is 0 Å². The Hall–Kier alpha value is -1.82. The van der Waals surface area contributed by atoms with E-state index in [4.69, 9.17) is 14.2 Å². The molecule has 1 rings (SSSR count). The van der Waals surface area contributed by atoms with Crippen LogP contribution in [0, 0.1) is 11.8 Å². The molecule has 0 saturated carbocycles. The van der Waals surface area contributed by atoms with Crippen molar-refractivity contribution in [2.45, 2.75) is 33.3 Å². The van der Waals surface area contributed by atoms with Crippen LogP contribution in [-0.4, -0.2) is 36.9 Å². The third-order valence-corrected chi connectivity index (χ3v) is 3.32. The lowest BCUT2D eigenvalue weighted by atomic mass is 9.89. The Morgan fingerprint density at radius 2 is 2.05 bits per heavy atom. The Labute approximate surface area is 124 Å². The van der Waals surface area contributed by atoms with Gasteiger partial charge in [-0.15, -0.1) is 0 Å². The first-order chi connectivity index (χ1) is 9.77. The van der Waals surface area contributed by atoms with Crippen molar-refractivity contribution in [1.82, 2.24) is 0 Å². The van der Waals surface area contributed by atoms with Gasteiger partial charge < -0.3 is 19.3 Å². The predicted octanol–water partition coefficient (Wildman–Crippen LogP) is 1.54. The Kier molecular flexibility index (Phi) is 5.96. The van der Waals surface area contributed by atoms with Gasteiger partial charge in [0.1, 0.15) is 5.57 Å². The van der Waals surface area contributed by atoms with E-state index >= 15 is 0 Å². The topological polar surface area (TPSA) is 82.1 Å². The third kappa shape index (κ3) is 4.32. The van der Waals surface area contributed by atoms with Gasteiger partial charge >= 0.3 is 11.9 Å². The van der Waals surface area contributed by atoms with E-state index in [1.807, 2.05) is 13.8 Å². The molecule has 0 saturated heterocycles. The highest BCUT2D eigenvalue weighted by Crippen LogP contribution is 2.31. The number of cyclic esters (lactones) is 1. The number of esters is 2. The molecule has 0 fully saturated rings. The standard InChI is InChI=1S/C15H22O6/c1-8(7-20-11(4)16)6-9(2)13(17)12-14(19-5)10(3)21-15(12)18/h8-9,13,17H,3,6-7H2,1-2,4-5H3/t8-,9+,13?/m0/s1. The van der Waals surface area contributed by atoms with Crippen LogP contribution in [0.4, 0.5) is 0 Å². The van der Waals surface area contributed by atoms with Crippen LogP contribution in [0.2, 0.25) is 0 Å². The van der Waals surface area contributed by atoms with E-state index in [1.165, 1.54) is 14.0 Å². The molecule has 21 heavy (non-hydrogen) atoms. The second-order valence-electron chi connectivity index (χ2n) is 5.33. The van der Waals surface area contributed by atoms with Crippen LogP contribution in [-0.2, 0) is 23.8 Å². The van der Waals surface area contributed by atoms with E-state index in [0.29, 0.717) is 6.42 Å². The summed E-state index contributed by atoms with van der Waals surface area (Å²) in [5, 5.41) is 10.3. The van der Waals surface area contributed by atoms with Gasteiger partial charge in [0.2, 0.25) is 0 Å². The fourth-order valence-electron chi connectivity index (χ4n) is 2.31. The van der Waals surface area contributed by atoms with Crippen LogP contribution in [0.1, 0.15) is 27.2 Å². The average molecular weight is 298 g/mol. The molecular weight excluding hydrogens is 276 g/mol. The maximum Gasteiger partial charge on any atom is 0.346 e. The summed E-state index contributed by atoms with van der Waals surface area (Å²) in [6, 6.07) is 0. The van der Waals surface area contributed by atoms with Crippen LogP contribution < -0.4 is 0 Å². The van der Waals surface area contributed by atoms with Crippen molar-refractivity contribution in [3.63, 3.8) is 0 Å². The van der Waals surface area contributed by atoms with Crippen LogP contribution in [0.25, 0.3) is 0 Å². The van der Waals surface area contributed by atoms with E-state index < -0.39 is 12.1 Å². The zero-order chi connectivity index (χ0) is 16.2. The van der Waals surface area contributed by atoms with E-state index in [2.05, 4.69) is 6.58 Å². The van der Waals surface area contributed by atoms with Crippen molar-refractivity contribution in [2.24, 2.45) is 11.8 Å². The first-order valence-electron chi connectivity index (χ1n) is 6.78. The summed E-state index contributed by atoms with van der Waals surface area (Å²) in [6.07, 6.45) is -0.444. The molecule has 1 unspecified atom stereocenters. The maximum atomic E-state index is 11.8. The number of hydrogen-bond acceptors (Lipinski definition) is 6. The lowest BCUT2D eigenvalue weighted by Gasteiger charge is -2.22. The zero-order valence-corrected chi connectivity index (χ0v) is 12.8. The number of ether oxygens (including phenoxy) is 3. The van der Waals surface area contributed by atoms with Crippen molar-refractivity contribution in [2.75, 3.05) is 13.7 Å². The highest BCUT2D eigenvalue weighted by Gasteiger charge is 2.37. The normalized spacial score (nSPS) is 19.1. The molecule has 0 amide bonds. The lowest BCUT2D eigenvalue weighted by Crippen LogP contribution is -2.27. The Morgan fingerprint density at radius 3 is 2.57 bits per heavy atom. The number of methoxy groups -OCH3 is 1. The highest BCUT2D eigenvalue weighted by molar-refractivity contribution is 5.94. The number of rotatable bonds is 7. The number of hydrogen-bond donors (Lipinski definition) is 1. The van der Waals surface area contributed by atoms with E-state index in [9.17, 15) is 14.7 Å². The molecule has 118 valence electrons. The summed E-state index contributed by atoms with van der Waals surface area (Å²) in [6.45, 7) is 8.91. The molecule has 0 aliphatic carbocycles. The number of aliphatic hydroxyl groups excluding tert-OH is 1. The van der Waals surface area contributed by atoms with Gasteiger partial charge in [-0.3, -0.25) is 4.79 Å². The van der Waals surface area contributed by atoms with E-state index in [1.54, 1.807) is 0 Å². The van der Waals surface area contributed by atoms with Gasteiger partial charge in [-0.25, -0.2) is 4.79 Å². The molecule has 0 aromatic carbocycles. The fraction of sp³-hybridized carbons (Fsp3) is 0.600. The molecular formula is C15H22O6. The van der Waals surface area contributed by atoms with E-state index in [0.717, 1.165) is 0 Å². The van der Waals surface area contributed by atoms with Crippen LogP contribution in [0.15, 0.2) is 23.7 Å². The molecule has 3 atom stereocenters. The van der Waals surface area contributed by atoms with Crippen molar-refractivity contribution in [3.05, 3.63) is 23.7 Å². The molecule has 0 aromatic rings. The quantitative estimate of drug-likeness (QED) is 0.718. The highest BCUT2D eigenvalue weighted by atomic mass is 16.6. The SMILES string of the molecule is C=C1OC(=O)C(C(O)[C@H](C)C[C@H](C)COC(C)=O)=C1OC. The summed E-state index contributed by atoms with van der Waals surface area (Å²) in [5.74, 6) is -0.845. The maximum absolute atomic E-state index is 11.8. The molecule has 1 N–H and O–H groups in total. The first-order valence-corrected chi connectivity index (χ1v) is 6.78. The van der Waals surface area contributed by atoms with Crippen LogP contribution in [0.5, 0.6) is 0 Å². The minimum absolute atomic E-state index is 0.0609. The van der Waals surface area contributed by atoms with Crippen molar-refractivity contribution in [3.8, 4) is 0 Å². The zero-order valence-electron chi connectivity index (χ0n) is 12.8. The molecule has 6 nitrogen and oxygen atoms in total. The average Bonchev–Trinajstić information content (AvgIpc) is 2.69. The first kappa shape index (κ1) is 17.2. The summed E-state index contributed by atoms with van der Waals surface area (Å²) >= 11 is 0. The second kappa shape index (κ2) is 7.26. The minimum atomic E-state index is -1.02. The smallest absolute Gasteiger partial charge is 0.346 e. The molecule has 0 radical (unpaired) electrons. The summed E-state index contributed by atoms with van der Waals surface area (Å²) in [4.78, 5) is 22.5. The van der Waals surface area contributed by atoms with Crippen molar-refractivity contribution < 1.29 is 28.9 Å². The fourth-order valence-corrected chi connectivity index (χ4v) is 2.31. The van der Waals surface area contributed by atoms with Gasteiger partial charge in [-0.05, 0) is 18.3 Å². The van der Waals surface area contributed by atoms with Gasteiger partial charge in [0, 0.05) is 6.92 Å². The van der Waals surface area contributed by atoms with Gasteiger partial charge in [0.15, 0.2) is 11.5 Å². The number of carbonyl (C=O) groups excluding carboxylic acids is 2. The Morgan fingerprint density at radius 1 is 1.43 bits per heavy atom. The minimum Gasteiger partial charge on any atom is -0.492 e. The van der Waals surface area contributed by atoms with Gasteiger partial charge in [0.05, 0.1) is 19.8 Å². The van der Waals surface area contributed by atoms with Crippen molar-refractivity contribution >= 4 is 11.9 Å². The third-order valence-electron chi connectivity index (χ3n) is 3.32. The van der Waals surface area contributed by atoms with Crippen molar-refractivity contribution in [1.29, 1.82) is 0 Å². The van der Waals surface area contributed by atoms with Crippen LogP contribution in [0.3, 0.4) is 0 Å². The molecule has 0 bridgehead atoms. The molecule has 1 aliphatic rings. The van der Waals surface area contributed by atoms with Gasteiger partial charge in [-0.1, -0.05) is 20.4 Å². The number of aliphatic hydroxyl groups is 1. The summed E-state index contributed by atoms with van der Waals surface area (Å²) in [5.41, 5.74) is 0.0923. The molecule has 0 aromatic heterocycles. The predicted molar refractivity (Wildman–Crippen MR) is 74.9 cm³/mol. The molecule has 0 spiro atoms. The van der Waals surface area contributed by atoms with Gasteiger partial charge in [-0.2, -0.15) is 0 Å². The summed E-state index contributed by atoms with van der Waals surface area (Å²) in [7, 11) is 1.39. The van der Waals surface area contributed by atoms with E-state index in [-0.39, 0.29) is 41.5 Å². The monoisotopic (exact) mass is 298 g/mol. The number of carbonyl (C=O) groups is 2. The largest absolute Gasteiger partial charge is 0.492 e. The van der Waals surface area contributed by atoms with Crippen LogP contribution >= 0.6 is 0 Å².